The van der Waals surface area contributed by atoms with Crippen LogP contribution in [0.2, 0.25) is 0 Å². The van der Waals surface area contributed by atoms with Crippen molar-refractivity contribution in [1.82, 2.24) is 20.5 Å². The van der Waals surface area contributed by atoms with Gasteiger partial charge in [0.25, 0.3) is 5.91 Å². The monoisotopic (exact) mass is 515 g/mol. The summed E-state index contributed by atoms with van der Waals surface area (Å²) in [6.07, 6.45) is 6.71. The van der Waals surface area contributed by atoms with Gasteiger partial charge in [0, 0.05) is 19.3 Å². The van der Waals surface area contributed by atoms with Gasteiger partial charge in [-0.15, -0.1) is 0 Å². The van der Waals surface area contributed by atoms with E-state index in [4.69, 9.17) is 4.84 Å². The van der Waals surface area contributed by atoms with Crippen LogP contribution in [0.1, 0.15) is 25.7 Å². The van der Waals surface area contributed by atoms with Gasteiger partial charge in [0.2, 0.25) is 10.0 Å². The van der Waals surface area contributed by atoms with Crippen molar-refractivity contribution >= 4 is 27.7 Å². The molecule has 5 N–H and O–H groups in total. The molecule has 1 spiro atoms. The Bertz CT molecular complexity index is 1200. The van der Waals surface area contributed by atoms with Crippen LogP contribution in [0, 0.1) is 5.92 Å². The number of aromatic nitrogens is 1. The summed E-state index contributed by atoms with van der Waals surface area (Å²) >= 11 is 0. The Morgan fingerprint density at radius 2 is 1.86 bits per heavy atom. The topological polar surface area (TPSA) is 159 Å². The predicted octanol–water partition coefficient (Wildman–Crippen LogP) is 1.39. The van der Waals surface area contributed by atoms with Gasteiger partial charge in [-0.05, 0) is 61.9 Å². The third-order valence-corrected chi connectivity index (χ3v) is 7.81. The van der Waals surface area contributed by atoms with E-state index in [2.05, 4.69) is 25.8 Å². The Hall–Kier alpha value is -3.48. The molecule has 2 aliphatic rings. The van der Waals surface area contributed by atoms with Gasteiger partial charge < -0.3 is 15.7 Å². The molecular formula is C24H29N5O6S. The number of hydrogen-bond donors (Lipinski definition) is 5. The number of aliphatic carboxylic acids is 1. The number of benzene rings is 1. The number of carboxylic acids is 1. The Balaban J connectivity index is 1.28. The molecule has 0 radical (unpaired) electrons. The van der Waals surface area contributed by atoms with Crippen LogP contribution in [0.4, 0.5) is 5.82 Å². The van der Waals surface area contributed by atoms with Gasteiger partial charge in [-0.1, -0.05) is 24.3 Å². The van der Waals surface area contributed by atoms with Crippen molar-refractivity contribution in [2.75, 3.05) is 18.4 Å². The first-order valence-corrected chi connectivity index (χ1v) is 13.1. The third-order valence-electron chi connectivity index (χ3n) is 6.32. The van der Waals surface area contributed by atoms with Crippen molar-refractivity contribution in [1.29, 1.82) is 0 Å². The van der Waals surface area contributed by atoms with Gasteiger partial charge in [0.15, 0.2) is 0 Å². The molecule has 0 bridgehead atoms. The van der Waals surface area contributed by atoms with Gasteiger partial charge in [0.1, 0.15) is 23.2 Å². The van der Waals surface area contributed by atoms with Gasteiger partial charge in [-0.3, -0.25) is 19.9 Å². The third kappa shape index (κ3) is 6.39. The molecule has 1 fully saturated rings. The number of pyridine rings is 1. The van der Waals surface area contributed by atoms with E-state index < -0.39 is 40.1 Å². The molecule has 0 saturated heterocycles. The molecule has 1 aromatic carbocycles. The number of nitrogens with one attached hydrogen (secondary N) is 4. The zero-order valence-electron chi connectivity index (χ0n) is 19.5. The second-order valence-corrected chi connectivity index (χ2v) is 10.6. The predicted molar refractivity (Wildman–Crippen MR) is 131 cm³/mol. The molecule has 4 rings (SSSR count). The highest BCUT2D eigenvalue weighted by molar-refractivity contribution is 7.89. The lowest BCUT2D eigenvalue weighted by atomic mass is 9.78. The second kappa shape index (κ2) is 11.1. The molecular weight excluding hydrogens is 486 g/mol. The molecule has 1 amide bonds. The van der Waals surface area contributed by atoms with Crippen molar-refractivity contribution in [3.63, 3.8) is 0 Å². The normalized spacial score (nSPS) is 22.3. The number of hydroxylamine groups is 1. The molecule has 1 aliphatic heterocycles. The van der Waals surface area contributed by atoms with Gasteiger partial charge >= 0.3 is 5.97 Å². The van der Waals surface area contributed by atoms with Crippen molar-refractivity contribution in [3.05, 3.63) is 66.5 Å². The maximum Gasteiger partial charge on any atom is 0.323 e. The smallest absolute Gasteiger partial charge is 0.323 e. The zero-order chi connectivity index (χ0) is 25.6. The van der Waals surface area contributed by atoms with E-state index in [0.29, 0.717) is 5.92 Å². The first-order chi connectivity index (χ1) is 17.3. The molecule has 2 aromatic rings. The lowest BCUT2D eigenvalue weighted by Gasteiger charge is -2.34. The summed E-state index contributed by atoms with van der Waals surface area (Å²) in [5.41, 5.74) is 2.23. The number of carbonyl (C=O) groups excluding carboxylic acids is 1. The molecule has 11 nitrogen and oxygen atoms in total. The summed E-state index contributed by atoms with van der Waals surface area (Å²) in [4.78, 5) is 34.2. The number of rotatable bonds is 10. The fourth-order valence-corrected chi connectivity index (χ4v) is 5.46. The van der Waals surface area contributed by atoms with Crippen LogP contribution in [0.25, 0.3) is 0 Å². The van der Waals surface area contributed by atoms with Crippen LogP contribution in [-0.2, 0) is 24.4 Å². The van der Waals surface area contributed by atoms with Gasteiger partial charge in [-0.25, -0.2) is 13.4 Å². The number of anilines is 1. The van der Waals surface area contributed by atoms with Crippen LogP contribution in [0.15, 0.2) is 71.4 Å². The largest absolute Gasteiger partial charge is 0.480 e. The number of sulfonamides is 1. The van der Waals surface area contributed by atoms with Crippen molar-refractivity contribution in [2.24, 2.45) is 5.92 Å². The second-order valence-electron chi connectivity index (χ2n) is 8.90. The van der Waals surface area contributed by atoms with E-state index in [0.717, 1.165) is 38.0 Å². The molecule has 12 heteroatoms. The highest BCUT2D eigenvalue weighted by Crippen LogP contribution is 2.38. The highest BCUT2D eigenvalue weighted by Gasteiger charge is 2.40. The average Bonchev–Trinajstić information content (AvgIpc) is 3.30. The Morgan fingerprint density at radius 3 is 2.53 bits per heavy atom. The van der Waals surface area contributed by atoms with E-state index in [1.165, 1.54) is 24.3 Å². The van der Waals surface area contributed by atoms with Gasteiger partial charge in [0.05, 0.1) is 4.90 Å². The minimum Gasteiger partial charge on any atom is -0.480 e. The minimum atomic E-state index is -4.07. The summed E-state index contributed by atoms with van der Waals surface area (Å²) in [6, 6.07) is 11.6. The van der Waals surface area contributed by atoms with E-state index in [1.54, 1.807) is 18.3 Å². The number of carboxylic acid groups (broad SMARTS) is 1. The van der Waals surface area contributed by atoms with Crippen LogP contribution < -0.4 is 20.8 Å². The highest BCUT2D eigenvalue weighted by atomic mass is 32.2. The average molecular weight is 516 g/mol. The van der Waals surface area contributed by atoms with Crippen LogP contribution in [0.5, 0.6) is 0 Å². The molecule has 1 saturated carbocycles. The summed E-state index contributed by atoms with van der Waals surface area (Å²) in [5, 5.41) is 15.3. The van der Waals surface area contributed by atoms with Crippen LogP contribution >= 0.6 is 0 Å². The Morgan fingerprint density at radius 1 is 1.14 bits per heavy atom. The Labute approximate surface area is 209 Å². The van der Waals surface area contributed by atoms with E-state index in [-0.39, 0.29) is 10.6 Å². The summed E-state index contributed by atoms with van der Waals surface area (Å²) in [6.45, 7) is 0.362. The van der Waals surface area contributed by atoms with E-state index in [1.807, 2.05) is 18.2 Å². The van der Waals surface area contributed by atoms with Crippen LogP contribution in [0.3, 0.4) is 0 Å². The lowest BCUT2D eigenvalue weighted by Crippen LogP contribution is -2.48. The first kappa shape index (κ1) is 25.6. The van der Waals surface area contributed by atoms with E-state index in [9.17, 15) is 23.1 Å². The quantitative estimate of drug-likeness (QED) is 0.315. The first-order valence-electron chi connectivity index (χ1n) is 11.7. The SMILES string of the molecule is O=C(NC[C@H](NS(=O)(=O)c1ccccc1)C(=O)O)C1=CC2(CCC(CNc3ccccn3)CC2)ON1. The van der Waals surface area contributed by atoms with Crippen molar-refractivity contribution < 1.29 is 28.0 Å². The molecule has 1 atom stereocenters. The van der Waals surface area contributed by atoms with Crippen LogP contribution in [-0.4, -0.2) is 55.1 Å². The fraction of sp³-hybridized carbons (Fsp3) is 0.375. The summed E-state index contributed by atoms with van der Waals surface area (Å²) in [7, 11) is -4.07. The standard InChI is InChI=1S/C24H29N5O6S/c30-22(27-16-20(23(31)32)29-36(33,34)18-6-2-1-3-7-18)19-14-24(35-28-19)11-9-17(10-12-24)15-26-21-8-4-5-13-25-21/h1-8,13-14,17,20,28-29H,9-12,15-16H2,(H,25,26)(H,27,30)(H,31,32)/t17?,20-,24?/m0/s1. The molecule has 1 aliphatic carbocycles. The summed E-state index contributed by atoms with van der Waals surface area (Å²) in [5.74, 6) is -0.702. The number of amides is 1. The lowest BCUT2D eigenvalue weighted by molar-refractivity contribution is -0.138. The van der Waals surface area contributed by atoms with Crippen molar-refractivity contribution in [3.8, 4) is 0 Å². The zero-order valence-corrected chi connectivity index (χ0v) is 20.3. The summed E-state index contributed by atoms with van der Waals surface area (Å²) < 4.78 is 27.0. The van der Waals surface area contributed by atoms with Crippen molar-refractivity contribution in [2.45, 2.75) is 42.2 Å². The minimum absolute atomic E-state index is 0.0658. The molecule has 36 heavy (non-hydrogen) atoms. The number of hydrogen-bond acceptors (Lipinski definition) is 8. The Kier molecular flexibility index (Phi) is 7.87. The maximum atomic E-state index is 12.6. The molecule has 2 heterocycles. The molecule has 0 unspecified atom stereocenters. The molecule has 192 valence electrons. The van der Waals surface area contributed by atoms with Gasteiger partial charge in [-0.2, -0.15) is 4.72 Å². The maximum absolute atomic E-state index is 12.6. The fourth-order valence-electron chi connectivity index (χ4n) is 4.25. The number of carbonyl (C=O) groups is 2. The molecule has 1 aromatic heterocycles. The van der Waals surface area contributed by atoms with E-state index >= 15 is 0 Å². The number of nitrogens with zero attached hydrogens (tertiary/aromatic N) is 1.